The fourth-order valence-electron chi connectivity index (χ4n) is 0.963. The number of hydrogen-bond donors (Lipinski definition) is 0. The lowest BCUT2D eigenvalue weighted by Crippen LogP contribution is -1.85. The van der Waals surface area contributed by atoms with Gasteiger partial charge in [0.15, 0.2) is 0 Å². The molecular weight excluding hydrogens is 212 g/mol. The summed E-state index contributed by atoms with van der Waals surface area (Å²) in [5, 5.41) is 0.925. The summed E-state index contributed by atoms with van der Waals surface area (Å²) < 4.78 is 0. The Morgan fingerprint density at radius 1 is 1.25 bits per heavy atom. The molecule has 0 rings (SSSR count). The topological polar surface area (TPSA) is 0 Å². The lowest BCUT2D eigenvalue weighted by atomic mass is 10.1. The second-order valence-corrected chi connectivity index (χ2v) is 3.62. The average Bonchev–Trinajstić information content (AvgIpc) is 2.00. The molecule has 0 unspecified atom stereocenters. The number of hydrogen-bond acceptors (Lipinski definition) is 0. The first-order chi connectivity index (χ1) is 5.61. The van der Waals surface area contributed by atoms with Crippen molar-refractivity contribution in [2.24, 2.45) is 0 Å². The van der Waals surface area contributed by atoms with Gasteiger partial charge in [0.25, 0.3) is 0 Å². The minimum atomic E-state index is 0.925. The van der Waals surface area contributed by atoms with Gasteiger partial charge in [0.2, 0.25) is 0 Å². The van der Waals surface area contributed by atoms with E-state index in [1.54, 1.807) is 0 Å². The van der Waals surface area contributed by atoms with Gasteiger partial charge in [-0.15, -0.1) is 0 Å². The highest BCUT2D eigenvalue weighted by Crippen LogP contribution is 2.12. The van der Waals surface area contributed by atoms with Crippen LogP contribution in [0.2, 0.25) is 0 Å². The third kappa shape index (κ3) is 4.55. The lowest BCUT2D eigenvalue weighted by molar-refractivity contribution is 1.32. The van der Waals surface area contributed by atoms with Crippen LogP contribution < -0.4 is 0 Å². The van der Waals surface area contributed by atoms with Crippen LogP contribution in [0.15, 0.2) is 34.9 Å². The zero-order valence-electron chi connectivity index (χ0n) is 8.32. The molecule has 0 bridgehead atoms. The van der Waals surface area contributed by atoms with Gasteiger partial charge < -0.3 is 0 Å². The van der Waals surface area contributed by atoms with Gasteiger partial charge in [-0.1, -0.05) is 39.7 Å². The average molecular weight is 229 g/mol. The van der Waals surface area contributed by atoms with Crippen molar-refractivity contribution in [2.75, 3.05) is 5.33 Å². The van der Waals surface area contributed by atoms with Crippen molar-refractivity contribution in [2.45, 2.75) is 27.7 Å². The molecule has 0 aromatic rings. The van der Waals surface area contributed by atoms with Crippen molar-refractivity contribution < 1.29 is 0 Å². The van der Waals surface area contributed by atoms with E-state index >= 15 is 0 Å². The van der Waals surface area contributed by atoms with E-state index in [1.165, 1.54) is 16.7 Å². The van der Waals surface area contributed by atoms with E-state index in [2.05, 4.69) is 54.9 Å². The quantitative estimate of drug-likeness (QED) is 0.501. The van der Waals surface area contributed by atoms with Crippen LogP contribution >= 0.6 is 15.9 Å². The van der Waals surface area contributed by atoms with Crippen LogP contribution in [-0.4, -0.2) is 5.33 Å². The van der Waals surface area contributed by atoms with Crippen LogP contribution in [0.3, 0.4) is 0 Å². The minimum absolute atomic E-state index is 0.925. The predicted molar refractivity (Wildman–Crippen MR) is 60.7 cm³/mol. The highest BCUT2D eigenvalue weighted by Gasteiger charge is 1.93. The van der Waals surface area contributed by atoms with Crippen molar-refractivity contribution in [3.63, 3.8) is 0 Å². The van der Waals surface area contributed by atoms with E-state index in [0.717, 1.165) is 5.33 Å². The van der Waals surface area contributed by atoms with Gasteiger partial charge in [-0.05, 0) is 38.8 Å². The van der Waals surface area contributed by atoms with E-state index in [1.807, 2.05) is 6.92 Å². The third-order valence-corrected chi connectivity index (χ3v) is 2.13. The molecule has 12 heavy (non-hydrogen) atoms. The first-order valence-electron chi connectivity index (χ1n) is 4.15. The Hall–Kier alpha value is -0.300. The molecule has 0 heterocycles. The van der Waals surface area contributed by atoms with Gasteiger partial charge in [0, 0.05) is 5.33 Å². The van der Waals surface area contributed by atoms with E-state index in [9.17, 15) is 0 Å². The molecule has 0 aromatic carbocycles. The Labute approximate surface area is 84.2 Å². The van der Waals surface area contributed by atoms with Crippen molar-refractivity contribution in [3.8, 4) is 0 Å². The third-order valence-electron chi connectivity index (χ3n) is 1.53. The van der Waals surface area contributed by atoms with Crippen LogP contribution in [0.25, 0.3) is 0 Å². The van der Waals surface area contributed by atoms with Gasteiger partial charge >= 0.3 is 0 Å². The van der Waals surface area contributed by atoms with Crippen LogP contribution in [0.5, 0.6) is 0 Å². The molecule has 0 aromatic heterocycles. The van der Waals surface area contributed by atoms with Gasteiger partial charge in [-0.3, -0.25) is 0 Å². The summed E-state index contributed by atoms with van der Waals surface area (Å²) in [4.78, 5) is 0. The maximum atomic E-state index is 3.48. The maximum Gasteiger partial charge on any atom is 0.0285 e. The van der Waals surface area contributed by atoms with Crippen LogP contribution in [-0.2, 0) is 0 Å². The smallest absolute Gasteiger partial charge is 0.0285 e. The van der Waals surface area contributed by atoms with Crippen LogP contribution in [0, 0.1) is 0 Å². The number of halogens is 1. The highest BCUT2D eigenvalue weighted by molar-refractivity contribution is 9.09. The van der Waals surface area contributed by atoms with E-state index in [-0.39, 0.29) is 0 Å². The standard InChI is InChI=1S/C11H17Br/c1-5-6-10(4)11(8-12)7-9(2)3/h5-7H,8H2,1-4H3/b6-5-,11-10-. The molecule has 0 nitrogen and oxygen atoms in total. The molecule has 0 atom stereocenters. The SMILES string of the molecule is C/C=C\C(C)=C(\C=C(C)C)CBr. The van der Waals surface area contributed by atoms with Gasteiger partial charge in [-0.25, -0.2) is 0 Å². The molecule has 0 saturated heterocycles. The lowest BCUT2D eigenvalue weighted by Gasteiger charge is -2.01. The van der Waals surface area contributed by atoms with E-state index in [4.69, 9.17) is 0 Å². The van der Waals surface area contributed by atoms with Crippen molar-refractivity contribution >= 4 is 15.9 Å². The van der Waals surface area contributed by atoms with E-state index < -0.39 is 0 Å². The summed E-state index contributed by atoms with van der Waals surface area (Å²) in [6.45, 7) is 8.41. The van der Waals surface area contributed by atoms with Crippen LogP contribution in [0.1, 0.15) is 27.7 Å². The van der Waals surface area contributed by atoms with Gasteiger partial charge in [0.1, 0.15) is 0 Å². The van der Waals surface area contributed by atoms with Crippen molar-refractivity contribution in [3.05, 3.63) is 34.9 Å². The Morgan fingerprint density at radius 3 is 2.17 bits per heavy atom. The summed E-state index contributed by atoms with van der Waals surface area (Å²) >= 11 is 3.48. The monoisotopic (exact) mass is 228 g/mol. The molecule has 0 radical (unpaired) electrons. The van der Waals surface area contributed by atoms with E-state index in [0.29, 0.717) is 0 Å². The zero-order valence-corrected chi connectivity index (χ0v) is 9.90. The summed E-state index contributed by atoms with van der Waals surface area (Å²) in [5.74, 6) is 0. The predicted octanol–water partition coefficient (Wildman–Crippen LogP) is 4.24. The summed E-state index contributed by atoms with van der Waals surface area (Å²) in [7, 11) is 0. The van der Waals surface area contributed by atoms with Crippen molar-refractivity contribution in [1.29, 1.82) is 0 Å². The summed E-state index contributed by atoms with van der Waals surface area (Å²) in [6.07, 6.45) is 6.41. The first kappa shape index (κ1) is 11.7. The number of rotatable bonds is 3. The van der Waals surface area contributed by atoms with Crippen molar-refractivity contribution in [1.82, 2.24) is 0 Å². The highest BCUT2D eigenvalue weighted by atomic mass is 79.9. The van der Waals surface area contributed by atoms with Gasteiger partial charge in [-0.2, -0.15) is 0 Å². The van der Waals surface area contributed by atoms with Gasteiger partial charge in [0.05, 0.1) is 0 Å². The summed E-state index contributed by atoms with van der Waals surface area (Å²) in [5.41, 5.74) is 4.02. The Balaban J connectivity index is 4.74. The molecule has 0 N–H and O–H groups in total. The Bertz CT molecular complexity index is 215. The van der Waals surface area contributed by atoms with Crippen LogP contribution in [0.4, 0.5) is 0 Å². The first-order valence-corrected chi connectivity index (χ1v) is 5.27. The zero-order chi connectivity index (χ0) is 9.56. The molecule has 0 saturated carbocycles. The molecule has 0 aliphatic heterocycles. The molecular formula is C11H17Br. The Morgan fingerprint density at radius 2 is 1.83 bits per heavy atom. The molecule has 1 heteroatoms. The maximum absolute atomic E-state index is 3.48. The summed E-state index contributed by atoms with van der Waals surface area (Å²) in [6, 6.07) is 0. The fourth-order valence-corrected chi connectivity index (χ4v) is 1.57. The largest absolute Gasteiger partial charge is 0.0876 e. The molecule has 0 fully saturated rings. The Kier molecular flexibility index (Phi) is 6.09. The molecule has 0 aliphatic carbocycles. The minimum Gasteiger partial charge on any atom is -0.0876 e. The second-order valence-electron chi connectivity index (χ2n) is 3.06. The molecule has 0 spiro atoms. The fraction of sp³-hybridized carbons (Fsp3) is 0.455. The number of allylic oxidation sites excluding steroid dienone is 6. The molecule has 68 valence electrons. The molecule has 0 amide bonds. The number of alkyl halides is 1. The molecule has 0 aliphatic rings. The second kappa shape index (κ2) is 6.24. The normalized spacial score (nSPS) is 13.1.